The van der Waals surface area contributed by atoms with Gasteiger partial charge in [-0.25, -0.2) is 4.39 Å². The number of ether oxygens (including phenoxy) is 1. The first-order chi connectivity index (χ1) is 13.1. The molecule has 1 atom stereocenters. The molecule has 1 aliphatic heterocycles. The van der Waals surface area contributed by atoms with Gasteiger partial charge in [-0.15, -0.1) is 0 Å². The van der Waals surface area contributed by atoms with Crippen LogP contribution in [0.1, 0.15) is 12.5 Å². The minimum absolute atomic E-state index is 0.0345. The van der Waals surface area contributed by atoms with Crippen LogP contribution in [0.15, 0.2) is 48.5 Å². The number of nitrogens with one attached hydrogen (secondary N) is 2. The number of benzene rings is 2. The summed E-state index contributed by atoms with van der Waals surface area (Å²) in [6.45, 7) is 6.05. The number of hydrogen-bond donors (Lipinski definition) is 2. The van der Waals surface area contributed by atoms with Crippen molar-refractivity contribution in [2.75, 3.05) is 38.2 Å². The Morgan fingerprint density at radius 2 is 1.78 bits per heavy atom. The molecular weight excluding hydrogens is 345 g/mol. The van der Waals surface area contributed by atoms with Gasteiger partial charge in [-0.3, -0.25) is 4.79 Å². The van der Waals surface area contributed by atoms with Gasteiger partial charge in [-0.2, -0.15) is 0 Å². The minimum Gasteiger partial charge on any atom is -0.497 e. The average Bonchev–Trinajstić information content (AvgIpc) is 2.73. The molecule has 1 saturated heterocycles. The Balaban J connectivity index is 1.47. The molecule has 0 bridgehead atoms. The molecule has 0 spiro atoms. The molecule has 6 heteroatoms. The number of rotatable bonds is 6. The summed E-state index contributed by atoms with van der Waals surface area (Å²) in [7, 11) is 1.67. The van der Waals surface area contributed by atoms with Gasteiger partial charge in [0.05, 0.1) is 33.3 Å². The molecule has 5 nitrogen and oxygen atoms in total. The zero-order valence-electron chi connectivity index (χ0n) is 15.9. The second kappa shape index (κ2) is 8.86. The van der Waals surface area contributed by atoms with Crippen molar-refractivity contribution in [3.05, 3.63) is 59.9 Å². The van der Waals surface area contributed by atoms with Crippen LogP contribution >= 0.6 is 0 Å². The molecule has 0 aromatic heterocycles. The van der Waals surface area contributed by atoms with E-state index in [1.807, 2.05) is 19.1 Å². The van der Waals surface area contributed by atoms with Gasteiger partial charge in [0.2, 0.25) is 0 Å². The maximum Gasteiger partial charge on any atom is 0.278 e. The van der Waals surface area contributed by atoms with Crippen molar-refractivity contribution in [1.82, 2.24) is 5.32 Å². The molecule has 0 radical (unpaired) electrons. The van der Waals surface area contributed by atoms with E-state index in [4.69, 9.17) is 4.74 Å². The molecule has 2 aromatic rings. The van der Waals surface area contributed by atoms with Crippen molar-refractivity contribution < 1.29 is 18.8 Å². The van der Waals surface area contributed by atoms with Crippen LogP contribution in [0.25, 0.3) is 0 Å². The van der Waals surface area contributed by atoms with Crippen molar-refractivity contribution in [3.63, 3.8) is 0 Å². The van der Waals surface area contributed by atoms with E-state index >= 15 is 0 Å². The summed E-state index contributed by atoms with van der Waals surface area (Å²) in [5.41, 5.74) is 2.08. The van der Waals surface area contributed by atoms with Gasteiger partial charge in [0.1, 0.15) is 11.6 Å². The number of carbonyl (C=O) groups excluding carboxylic acids is 1. The van der Waals surface area contributed by atoms with Gasteiger partial charge in [0.25, 0.3) is 5.91 Å². The number of nitrogens with zero attached hydrogens (tertiary/aromatic N) is 1. The fraction of sp³-hybridized carbons (Fsp3) is 0.381. The quantitative estimate of drug-likeness (QED) is 0.802. The first-order valence-corrected chi connectivity index (χ1v) is 9.32. The summed E-state index contributed by atoms with van der Waals surface area (Å²) in [6.07, 6.45) is 0. The van der Waals surface area contributed by atoms with E-state index in [-0.39, 0.29) is 17.8 Å². The Bertz CT molecular complexity index is 741. The fourth-order valence-corrected chi connectivity index (χ4v) is 3.41. The second-order valence-electron chi connectivity index (χ2n) is 6.91. The normalized spacial score (nSPS) is 16.0. The third-order valence-electron chi connectivity index (χ3n) is 5.23. The lowest BCUT2D eigenvalue weighted by atomic mass is 10.1. The number of carbonyl (C=O) groups is 1. The van der Waals surface area contributed by atoms with E-state index in [0.29, 0.717) is 6.54 Å². The van der Waals surface area contributed by atoms with Gasteiger partial charge in [-0.05, 0) is 48.9 Å². The van der Waals surface area contributed by atoms with E-state index in [9.17, 15) is 9.18 Å². The molecule has 2 N–H and O–H groups in total. The van der Waals surface area contributed by atoms with Crippen LogP contribution in [0.3, 0.4) is 0 Å². The molecule has 3 rings (SSSR count). The van der Waals surface area contributed by atoms with E-state index in [2.05, 4.69) is 22.3 Å². The van der Waals surface area contributed by atoms with Crippen molar-refractivity contribution in [2.45, 2.75) is 19.5 Å². The summed E-state index contributed by atoms with van der Waals surface area (Å²) < 4.78 is 18.2. The highest BCUT2D eigenvalue weighted by Gasteiger charge is 2.29. The third-order valence-corrected chi connectivity index (χ3v) is 5.23. The predicted octanol–water partition coefficient (Wildman–Crippen LogP) is 1.24. The van der Waals surface area contributed by atoms with Crippen LogP contribution in [-0.4, -0.2) is 45.2 Å². The molecule has 1 amide bonds. The highest BCUT2D eigenvalue weighted by atomic mass is 19.1. The van der Waals surface area contributed by atoms with Gasteiger partial charge in [0.15, 0.2) is 6.04 Å². The number of quaternary nitrogens is 1. The SMILES string of the molecule is COc1ccc(N2CC[NH+]([C@H](C)C(=O)NCc3ccc(F)cc3)CC2)cc1. The highest BCUT2D eigenvalue weighted by molar-refractivity contribution is 5.79. The molecule has 1 heterocycles. The molecule has 2 aromatic carbocycles. The van der Waals surface area contributed by atoms with Crippen LogP contribution in [0, 0.1) is 5.82 Å². The molecule has 1 fully saturated rings. The fourth-order valence-electron chi connectivity index (χ4n) is 3.41. The van der Waals surface area contributed by atoms with E-state index < -0.39 is 0 Å². The minimum atomic E-state index is -0.266. The molecule has 1 aliphatic rings. The zero-order valence-corrected chi connectivity index (χ0v) is 15.9. The number of methoxy groups -OCH3 is 1. The first kappa shape index (κ1) is 19.2. The second-order valence-corrected chi connectivity index (χ2v) is 6.91. The Hall–Kier alpha value is -2.60. The Morgan fingerprint density at radius 3 is 2.37 bits per heavy atom. The molecule has 0 unspecified atom stereocenters. The van der Waals surface area contributed by atoms with Gasteiger partial charge >= 0.3 is 0 Å². The third kappa shape index (κ3) is 4.98. The topological polar surface area (TPSA) is 46.0 Å². The monoisotopic (exact) mass is 372 g/mol. The van der Waals surface area contributed by atoms with Gasteiger partial charge < -0.3 is 19.9 Å². The lowest BCUT2D eigenvalue weighted by Crippen LogP contribution is -3.19. The molecule has 144 valence electrons. The average molecular weight is 372 g/mol. The zero-order chi connectivity index (χ0) is 19.2. The van der Waals surface area contributed by atoms with Crippen LogP contribution in [-0.2, 0) is 11.3 Å². The summed E-state index contributed by atoms with van der Waals surface area (Å²) in [4.78, 5) is 16.1. The Morgan fingerprint density at radius 1 is 1.15 bits per heavy atom. The van der Waals surface area contributed by atoms with Crippen LogP contribution < -0.4 is 19.9 Å². The summed E-state index contributed by atoms with van der Waals surface area (Å²) >= 11 is 0. The highest BCUT2D eigenvalue weighted by Crippen LogP contribution is 2.19. The number of hydrogen-bond acceptors (Lipinski definition) is 3. The first-order valence-electron chi connectivity index (χ1n) is 9.32. The Kier molecular flexibility index (Phi) is 6.29. The van der Waals surface area contributed by atoms with Crippen LogP contribution in [0.5, 0.6) is 5.75 Å². The number of anilines is 1. The largest absolute Gasteiger partial charge is 0.497 e. The number of amides is 1. The summed E-state index contributed by atoms with van der Waals surface area (Å²) in [5.74, 6) is 0.624. The number of halogens is 1. The van der Waals surface area contributed by atoms with Gasteiger partial charge in [0, 0.05) is 12.2 Å². The van der Waals surface area contributed by atoms with Crippen LogP contribution in [0.2, 0.25) is 0 Å². The van der Waals surface area contributed by atoms with Crippen molar-refractivity contribution in [2.24, 2.45) is 0 Å². The molecule has 0 saturated carbocycles. The van der Waals surface area contributed by atoms with Crippen molar-refractivity contribution in [3.8, 4) is 5.75 Å². The van der Waals surface area contributed by atoms with E-state index in [1.165, 1.54) is 22.7 Å². The number of piperazine rings is 1. The van der Waals surface area contributed by atoms with Crippen molar-refractivity contribution in [1.29, 1.82) is 0 Å². The summed E-state index contributed by atoms with van der Waals surface area (Å²) in [5, 5.41) is 2.96. The van der Waals surface area contributed by atoms with Gasteiger partial charge in [-0.1, -0.05) is 12.1 Å². The molecular formula is C21H27FN3O2+. The molecule has 0 aliphatic carbocycles. The van der Waals surface area contributed by atoms with Crippen molar-refractivity contribution >= 4 is 11.6 Å². The predicted molar refractivity (Wildman–Crippen MR) is 104 cm³/mol. The van der Waals surface area contributed by atoms with E-state index in [0.717, 1.165) is 37.5 Å². The molecule has 27 heavy (non-hydrogen) atoms. The summed E-state index contributed by atoms with van der Waals surface area (Å²) in [6, 6.07) is 14.2. The lowest BCUT2D eigenvalue weighted by Gasteiger charge is -2.36. The van der Waals surface area contributed by atoms with Crippen LogP contribution in [0.4, 0.5) is 10.1 Å². The smallest absolute Gasteiger partial charge is 0.278 e. The maximum atomic E-state index is 12.9. The lowest BCUT2D eigenvalue weighted by molar-refractivity contribution is -0.914. The van der Waals surface area contributed by atoms with E-state index in [1.54, 1.807) is 19.2 Å². The Labute approximate surface area is 159 Å². The maximum absolute atomic E-state index is 12.9. The standard InChI is InChI=1S/C21H26FN3O2/c1-16(21(26)23-15-17-3-5-18(22)6-4-17)24-11-13-25(14-12-24)19-7-9-20(27-2)10-8-19/h3-10,16H,11-15H2,1-2H3,(H,23,26)/p+1/t16-/m1/s1.